The van der Waals surface area contributed by atoms with Gasteiger partial charge in [0.1, 0.15) is 0 Å². The van der Waals surface area contributed by atoms with Gasteiger partial charge in [0.15, 0.2) is 5.96 Å². The first-order valence-corrected chi connectivity index (χ1v) is 10.3. The molecule has 0 radical (unpaired) electrons. The van der Waals surface area contributed by atoms with Crippen LogP contribution < -0.4 is 10.6 Å². The van der Waals surface area contributed by atoms with Crippen molar-refractivity contribution < 1.29 is 4.79 Å². The van der Waals surface area contributed by atoms with E-state index >= 15 is 0 Å². The number of aliphatic imine (C=N–C) groups is 1. The maximum absolute atomic E-state index is 12.4. The molecule has 1 saturated carbocycles. The first-order chi connectivity index (χ1) is 12.2. The summed E-state index contributed by atoms with van der Waals surface area (Å²) >= 11 is 1.81. The lowest BCUT2D eigenvalue weighted by molar-refractivity contribution is -0.131. The molecule has 5 nitrogen and oxygen atoms in total. The van der Waals surface area contributed by atoms with Crippen molar-refractivity contribution in [3.05, 3.63) is 21.9 Å². The number of amides is 1. The minimum atomic E-state index is 0. The summed E-state index contributed by atoms with van der Waals surface area (Å²) < 4.78 is 0. The largest absolute Gasteiger partial charge is 0.356 e. The minimum Gasteiger partial charge on any atom is -0.356 e. The summed E-state index contributed by atoms with van der Waals surface area (Å²) in [6, 6.07) is 2.15. The summed E-state index contributed by atoms with van der Waals surface area (Å²) in [5.41, 5.74) is 1.78. The Hall–Kier alpha value is -0.830. The minimum absolute atomic E-state index is 0. The molecule has 0 atom stereocenters. The Balaban J connectivity index is 0.00000243. The summed E-state index contributed by atoms with van der Waals surface area (Å²) in [5, 5.41) is 8.86. The average molecular weight is 490 g/mol. The van der Waals surface area contributed by atoms with Gasteiger partial charge >= 0.3 is 0 Å². The number of halogens is 1. The molecule has 2 aliphatic rings. The number of hydrogen-bond acceptors (Lipinski definition) is 3. The Kier molecular flexibility index (Phi) is 8.19. The van der Waals surface area contributed by atoms with Crippen LogP contribution in [-0.4, -0.2) is 43.4 Å². The van der Waals surface area contributed by atoms with E-state index in [9.17, 15) is 4.79 Å². The van der Waals surface area contributed by atoms with Crippen molar-refractivity contribution in [1.29, 1.82) is 0 Å². The van der Waals surface area contributed by atoms with Crippen molar-refractivity contribution in [2.45, 2.75) is 52.0 Å². The lowest BCUT2D eigenvalue weighted by Gasteiger charge is -2.41. The first kappa shape index (κ1) is 21.5. The Labute approximate surface area is 178 Å². The number of carbonyl (C=O) groups excluding carboxylic acids is 1. The summed E-state index contributed by atoms with van der Waals surface area (Å²) in [5.74, 6) is 1.04. The van der Waals surface area contributed by atoms with Crippen LogP contribution in [0.3, 0.4) is 0 Å². The van der Waals surface area contributed by atoms with Crippen LogP contribution in [0.5, 0.6) is 0 Å². The van der Waals surface area contributed by atoms with Crippen molar-refractivity contribution in [1.82, 2.24) is 15.5 Å². The molecule has 7 heteroatoms. The normalized spacial score (nSPS) is 18.4. The summed E-state index contributed by atoms with van der Waals surface area (Å²) in [7, 11) is 1.79. The summed E-state index contributed by atoms with van der Waals surface area (Å²) in [6.07, 6.45) is 6.69. The molecule has 0 bridgehead atoms. The fourth-order valence-corrected chi connectivity index (χ4v) is 4.62. The van der Waals surface area contributed by atoms with Gasteiger partial charge in [-0.25, -0.2) is 0 Å². The molecule has 1 aromatic rings. The van der Waals surface area contributed by atoms with E-state index in [1.165, 1.54) is 36.1 Å². The van der Waals surface area contributed by atoms with Crippen molar-refractivity contribution in [3.8, 4) is 0 Å². The molecule has 1 aromatic heterocycles. The van der Waals surface area contributed by atoms with Crippen molar-refractivity contribution in [2.24, 2.45) is 10.4 Å². The third-order valence-electron chi connectivity index (χ3n) is 5.81. The van der Waals surface area contributed by atoms with Gasteiger partial charge in [-0.05, 0) is 48.1 Å². The Morgan fingerprint density at radius 1 is 1.38 bits per heavy atom. The van der Waals surface area contributed by atoms with Crippen LogP contribution in [0.4, 0.5) is 0 Å². The zero-order valence-electron chi connectivity index (χ0n) is 15.8. The molecule has 1 fully saturated rings. The number of nitrogens with one attached hydrogen (secondary N) is 2. The monoisotopic (exact) mass is 490 g/mol. The van der Waals surface area contributed by atoms with Crippen LogP contribution in [0.2, 0.25) is 0 Å². The Bertz CT molecular complexity index is 621. The molecule has 0 saturated heterocycles. The van der Waals surface area contributed by atoms with E-state index < -0.39 is 0 Å². The molecule has 0 spiro atoms. The van der Waals surface area contributed by atoms with E-state index in [2.05, 4.69) is 34.0 Å². The fourth-order valence-electron chi connectivity index (χ4n) is 3.73. The van der Waals surface area contributed by atoms with Gasteiger partial charge in [-0.3, -0.25) is 9.79 Å². The highest BCUT2D eigenvalue weighted by Crippen LogP contribution is 2.42. The van der Waals surface area contributed by atoms with Crippen molar-refractivity contribution in [2.75, 3.05) is 26.7 Å². The maximum Gasteiger partial charge on any atom is 0.224 e. The van der Waals surface area contributed by atoms with Gasteiger partial charge in [0.2, 0.25) is 5.91 Å². The van der Waals surface area contributed by atoms with Crippen LogP contribution >= 0.6 is 35.3 Å². The highest BCUT2D eigenvalue weighted by molar-refractivity contribution is 14.0. The second-order valence-electron chi connectivity index (χ2n) is 7.24. The van der Waals surface area contributed by atoms with Crippen molar-refractivity contribution in [3.63, 3.8) is 0 Å². The molecule has 1 amide bonds. The number of hydrogen-bond donors (Lipinski definition) is 2. The highest BCUT2D eigenvalue weighted by Gasteiger charge is 2.34. The molecule has 0 aromatic carbocycles. The summed E-state index contributed by atoms with van der Waals surface area (Å²) in [6.45, 7) is 5.49. The lowest BCUT2D eigenvalue weighted by Crippen LogP contribution is -2.47. The molecule has 1 aliphatic carbocycles. The number of guanidine groups is 1. The molecule has 1 aliphatic heterocycles. The predicted octanol–water partition coefficient (Wildman–Crippen LogP) is 3.39. The third kappa shape index (κ3) is 5.12. The molecule has 2 N–H and O–H groups in total. The number of nitrogens with zero attached hydrogens (tertiary/aromatic N) is 2. The van der Waals surface area contributed by atoms with Gasteiger partial charge in [-0.15, -0.1) is 35.3 Å². The first-order valence-electron chi connectivity index (χ1n) is 9.43. The molecule has 3 rings (SSSR count). The molecule has 26 heavy (non-hydrogen) atoms. The van der Waals surface area contributed by atoms with E-state index in [-0.39, 0.29) is 29.9 Å². The van der Waals surface area contributed by atoms with E-state index in [1.807, 2.05) is 4.90 Å². The van der Waals surface area contributed by atoms with Crippen LogP contribution in [-0.2, 0) is 17.8 Å². The van der Waals surface area contributed by atoms with Crippen LogP contribution in [0, 0.1) is 5.41 Å². The van der Waals surface area contributed by atoms with E-state index in [1.54, 1.807) is 18.4 Å². The zero-order chi connectivity index (χ0) is 17.7. The Morgan fingerprint density at radius 3 is 2.85 bits per heavy atom. The van der Waals surface area contributed by atoms with E-state index in [0.29, 0.717) is 18.4 Å². The van der Waals surface area contributed by atoms with Crippen LogP contribution in [0.15, 0.2) is 16.4 Å². The van der Waals surface area contributed by atoms with Gasteiger partial charge in [-0.2, -0.15) is 0 Å². The highest BCUT2D eigenvalue weighted by atomic mass is 127. The lowest BCUT2D eigenvalue weighted by atomic mass is 9.67. The zero-order valence-corrected chi connectivity index (χ0v) is 19.0. The Morgan fingerprint density at radius 2 is 2.19 bits per heavy atom. The molecule has 146 valence electrons. The smallest absolute Gasteiger partial charge is 0.224 e. The van der Waals surface area contributed by atoms with Gasteiger partial charge in [0.25, 0.3) is 0 Å². The van der Waals surface area contributed by atoms with Gasteiger partial charge in [-0.1, -0.05) is 13.3 Å². The van der Waals surface area contributed by atoms with Gasteiger partial charge < -0.3 is 15.5 Å². The third-order valence-corrected chi connectivity index (χ3v) is 6.83. The second-order valence-corrected chi connectivity index (χ2v) is 8.24. The summed E-state index contributed by atoms with van der Waals surface area (Å²) in [4.78, 5) is 20.2. The van der Waals surface area contributed by atoms with Crippen molar-refractivity contribution >= 4 is 47.2 Å². The second kappa shape index (κ2) is 9.92. The van der Waals surface area contributed by atoms with E-state index in [4.69, 9.17) is 0 Å². The fraction of sp³-hybridized carbons (Fsp3) is 0.684. The molecular weight excluding hydrogens is 459 g/mol. The molecule has 0 unspecified atom stereocenters. The molecular formula is C19H31IN4OS. The molecule has 2 heterocycles. The van der Waals surface area contributed by atoms with Gasteiger partial charge in [0, 0.05) is 44.5 Å². The number of thiophene rings is 1. The average Bonchev–Trinajstić information content (AvgIpc) is 3.07. The van der Waals surface area contributed by atoms with Crippen LogP contribution in [0.1, 0.15) is 49.5 Å². The van der Waals surface area contributed by atoms with Gasteiger partial charge in [0.05, 0.1) is 0 Å². The maximum atomic E-state index is 12.4. The number of rotatable bonds is 6. The predicted molar refractivity (Wildman–Crippen MR) is 119 cm³/mol. The number of carbonyl (C=O) groups is 1. The standard InChI is InChI=1S/C19H30N4OS.HI/c1-3-19(8-4-9-19)14-22-18(20-2)21-10-5-17(24)23-11-6-16-15(13-23)7-12-25-16;/h7,12H,3-6,8-11,13-14H2,1-2H3,(H2,20,21,22);1H. The topological polar surface area (TPSA) is 56.7 Å². The van der Waals surface area contributed by atoms with Crippen LogP contribution in [0.25, 0.3) is 0 Å². The van der Waals surface area contributed by atoms with E-state index in [0.717, 1.165) is 32.0 Å². The quantitative estimate of drug-likeness (QED) is 0.365. The number of fused-ring (bicyclic) bond motifs is 1. The SMILES string of the molecule is CCC1(CNC(=NC)NCCC(=O)N2CCc3sccc3C2)CCC1.I.